The minimum atomic E-state index is -0.194. The molecular weight excluding hydrogens is 284 g/mol. The standard InChI is InChI=1S/C15H20N4O3/c1-8-7-21-18-12(8)6-16-15(20)13-11-5-9(2)22-10(3)14(11)19(4)17-13/h7,9-10H,5-6H2,1-4H3,(H,16,20)/t9-,10+/m1/s1. The van der Waals surface area contributed by atoms with Crippen LogP contribution in [0.3, 0.4) is 0 Å². The molecule has 7 nitrogen and oxygen atoms in total. The summed E-state index contributed by atoms with van der Waals surface area (Å²) in [6.45, 7) is 6.21. The number of carbonyl (C=O) groups is 1. The van der Waals surface area contributed by atoms with E-state index in [9.17, 15) is 4.79 Å². The van der Waals surface area contributed by atoms with Crippen LogP contribution in [0.5, 0.6) is 0 Å². The molecule has 0 radical (unpaired) electrons. The van der Waals surface area contributed by atoms with Crippen LogP contribution in [0.25, 0.3) is 0 Å². The average molecular weight is 304 g/mol. The molecule has 0 unspecified atom stereocenters. The zero-order chi connectivity index (χ0) is 15.9. The van der Waals surface area contributed by atoms with Crippen molar-refractivity contribution >= 4 is 5.91 Å². The van der Waals surface area contributed by atoms with E-state index in [4.69, 9.17) is 9.26 Å². The lowest BCUT2D eigenvalue weighted by Gasteiger charge is -2.26. The number of aromatic nitrogens is 3. The summed E-state index contributed by atoms with van der Waals surface area (Å²) in [6.07, 6.45) is 2.27. The summed E-state index contributed by atoms with van der Waals surface area (Å²) in [5.74, 6) is -0.194. The number of carbonyl (C=O) groups excluding carboxylic acids is 1. The summed E-state index contributed by atoms with van der Waals surface area (Å²) < 4.78 is 12.4. The van der Waals surface area contributed by atoms with Crippen LogP contribution in [-0.2, 0) is 24.8 Å². The fourth-order valence-corrected chi connectivity index (χ4v) is 2.95. The Labute approximate surface area is 128 Å². The third-order valence-corrected chi connectivity index (χ3v) is 3.99. The molecular formula is C15H20N4O3. The van der Waals surface area contributed by atoms with Gasteiger partial charge >= 0.3 is 0 Å². The Balaban J connectivity index is 1.81. The maximum Gasteiger partial charge on any atom is 0.272 e. The van der Waals surface area contributed by atoms with Gasteiger partial charge in [-0.15, -0.1) is 0 Å². The summed E-state index contributed by atoms with van der Waals surface area (Å²) in [6, 6.07) is 0. The molecule has 3 heterocycles. The van der Waals surface area contributed by atoms with Crippen LogP contribution in [0.15, 0.2) is 10.8 Å². The fourth-order valence-electron chi connectivity index (χ4n) is 2.95. The highest BCUT2D eigenvalue weighted by molar-refractivity contribution is 5.94. The van der Waals surface area contributed by atoms with E-state index in [1.54, 1.807) is 10.9 Å². The van der Waals surface area contributed by atoms with E-state index < -0.39 is 0 Å². The summed E-state index contributed by atoms with van der Waals surface area (Å²) in [5, 5.41) is 11.1. The van der Waals surface area contributed by atoms with Crippen molar-refractivity contribution < 1.29 is 14.1 Å². The van der Waals surface area contributed by atoms with Crippen LogP contribution in [-0.4, -0.2) is 26.9 Å². The second-order valence-electron chi connectivity index (χ2n) is 5.76. The number of aryl methyl sites for hydroxylation is 2. The molecule has 0 aliphatic carbocycles. The van der Waals surface area contributed by atoms with Gasteiger partial charge in [-0.05, 0) is 20.8 Å². The first-order valence-corrected chi connectivity index (χ1v) is 7.36. The highest BCUT2D eigenvalue weighted by atomic mass is 16.5. The Morgan fingerprint density at radius 3 is 2.95 bits per heavy atom. The quantitative estimate of drug-likeness (QED) is 0.932. The van der Waals surface area contributed by atoms with E-state index in [1.807, 2.05) is 27.8 Å². The van der Waals surface area contributed by atoms with Gasteiger partial charge in [-0.2, -0.15) is 5.10 Å². The molecule has 1 aliphatic heterocycles. The van der Waals surface area contributed by atoms with Gasteiger partial charge in [0, 0.05) is 24.6 Å². The fraction of sp³-hybridized carbons (Fsp3) is 0.533. The maximum atomic E-state index is 12.5. The second kappa shape index (κ2) is 5.57. The van der Waals surface area contributed by atoms with Crippen LogP contribution in [0.2, 0.25) is 0 Å². The van der Waals surface area contributed by atoms with Crippen LogP contribution in [0.1, 0.15) is 53.0 Å². The van der Waals surface area contributed by atoms with Gasteiger partial charge in [-0.1, -0.05) is 5.16 Å². The summed E-state index contributed by atoms with van der Waals surface area (Å²) in [4.78, 5) is 12.5. The van der Waals surface area contributed by atoms with Crippen molar-refractivity contribution in [3.63, 3.8) is 0 Å². The third kappa shape index (κ3) is 2.52. The molecule has 2 atom stereocenters. The maximum absolute atomic E-state index is 12.5. The number of rotatable bonds is 3. The summed E-state index contributed by atoms with van der Waals surface area (Å²) in [5.41, 5.74) is 4.06. The van der Waals surface area contributed by atoms with Crippen molar-refractivity contribution in [3.05, 3.63) is 34.5 Å². The molecule has 1 N–H and O–H groups in total. The van der Waals surface area contributed by atoms with Gasteiger partial charge in [0.25, 0.3) is 5.91 Å². The Morgan fingerprint density at radius 1 is 1.50 bits per heavy atom. The molecule has 7 heteroatoms. The molecule has 1 aliphatic rings. The van der Waals surface area contributed by atoms with E-state index in [-0.39, 0.29) is 18.1 Å². The summed E-state index contributed by atoms with van der Waals surface area (Å²) in [7, 11) is 1.84. The monoisotopic (exact) mass is 304 g/mol. The van der Waals surface area contributed by atoms with Gasteiger partial charge in [0.2, 0.25) is 0 Å². The molecule has 2 aromatic rings. The lowest BCUT2D eigenvalue weighted by molar-refractivity contribution is -0.00903. The van der Waals surface area contributed by atoms with Gasteiger partial charge in [0.1, 0.15) is 12.0 Å². The molecule has 0 aromatic carbocycles. The van der Waals surface area contributed by atoms with Gasteiger partial charge in [0.05, 0.1) is 24.4 Å². The molecule has 22 heavy (non-hydrogen) atoms. The Morgan fingerprint density at radius 2 is 2.27 bits per heavy atom. The molecule has 2 aromatic heterocycles. The van der Waals surface area contributed by atoms with Crippen LogP contribution in [0.4, 0.5) is 0 Å². The van der Waals surface area contributed by atoms with Gasteiger partial charge in [-0.25, -0.2) is 0 Å². The van der Waals surface area contributed by atoms with Gasteiger partial charge < -0.3 is 14.6 Å². The van der Waals surface area contributed by atoms with Crippen LogP contribution >= 0.6 is 0 Å². The van der Waals surface area contributed by atoms with E-state index in [0.717, 1.165) is 22.5 Å². The molecule has 3 rings (SSSR count). The Bertz CT molecular complexity index is 704. The molecule has 0 saturated heterocycles. The third-order valence-electron chi connectivity index (χ3n) is 3.99. The Kier molecular flexibility index (Phi) is 3.74. The number of hydrogen-bond acceptors (Lipinski definition) is 5. The first-order chi connectivity index (χ1) is 10.5. The van der Waals surface area contributed by atoms with Crippen molar-refractivity contribution in [2.24, 2.45) is 7.05 Å². The number of fused-ring (bicyclic) bond motifs is 1. The lowest BCUT2D eigenvalue weighted by Crippen LogP contribution is -2.27. The van der Waals surface area contributed by atoms with Gasteiger partial charge in [-0.3, -0.25) is 9.48 Å². The zero-order valence-corrected chi connectivity index (χ0v) is 13.2. The Hall–Kier alpha value is -2.15. The number of ether oxygens (including phenoxy) is 1. The molecule has 1 amide bonds. The van der Waals surface area contributed by atoms with Crippen molar-refractivity contribution in [1.82, 2.24) is 20.3 Å². The lowest BCUT2D eigenvalue weighted by atomic mass is 9.99. The first-order valence-electron chi connectivity index (χ1n) is 7.36. The average Bonchev–Trinajstić information content (AvgIpc) is 3.00. The molecule has 0 saturated carbocycles. The van der Waals surface area contributed by atoms with Crippen molar-refractivity contribution in [1.29, 1.82) is 0 Å². The number of nitrogens with zero attached hydrogens (tertiary/aromatic N) is 3. The van der Waals surface area contributed by atoms with Crippen molar-refractivity contribution in [2.75, 3.05) is 0 Å². The van der Waals surface area contributed by atoms with Crippen molar-refractivity contribution in [3.8, 4) is 0 Å². The molecule has 0 fully saturated rings. The smallest absolute Gasteiger partial charge is 0.272 e. The van der Waals surface area contributed by atoms with E-state index in [2.05, 4.69) is 15.6 Å². The molecule has 0 bridgehead atoms. The number of nitrogens with one attached hydrogen (secondary N) is 1. The van der Waals surface area contributed by atoms with E-state index in [1.165, 1.54) is 0 Å². The predicted molar refractivity (Wildman–Crippen MR) is 78.3 cm³/mol. The topological polar surface area (TPSA) is 82.2 Å². The van der Waals surface area contributed by atoms with Crippen LogP contribution < -0.4 is 5.32 Å². The normalized spacial score (nSPS) is 20.7. The number of amides is 1. The van der Waals surface area contributed by atoms with E-state index in [0.29, 0.717) is 18.7 Å². The van der Waals surface area contributed by atoms with E-state index >= 15 is 0 Å². The minimum Gasteiger partial charge on any atom is -0.369 e. The van der Waals surface area contributed by atoms with Crippen LogP contribution in [0, 0.1) is 6.92 Å². The highest BCUT2D eigenvalue weighted by Gasteiger charge is 2.31. The largest absolute Gasteiger partial charge is 0.369 e. The van der Waals surface area contributed by atoms with Crippen molar-refractivity contribution in [2.45, 2.75) is 45.9 Å². The zero-order valence-electron chi connectivity index (χ0n) is 13.2. The number of hydrogen-bond donors (Lipinski definition) is 1. The predicted octanol–water partition coefficient (Wildman–Crippen LogP) is 1.67. The highest BCUT2D eigenvalue weighted by Crippen LogP contribution is 2.31. The second-order valence-corrected chi connectivity index (χ2v) is 5.76. The SMILES string of the molecule is Cc1conc1CNC(=O)c1nn(C)c2c1C[C@@H](C)O[C@H]2C. The van der Waals surface area contributed by atoms with Gasteiger partial charge in [0.15, 0.2) is 5.69 Å². The summed E-state index contributed by atoms with van der Waals surface area (Å²) >= 11 is 0. The molecule has 0 spiro atoms. The molecule has 118 valence electrons. The first kappa shape index (κ1) is 14.8. The minimum absolute atomic E-state index is 0.0596.